The van der Waals surface area contributed by atoms with Crippen molar-refractivity contribution in [1.82, 2.24) is 24.6 Å². The summed E-state index contributed by atoms with van der Waals surface area (Å²) in [4.78, 5) is 19.4. The highest BCUT2D eigenvalue weighted by Crippen LogP contribution is 2.25. The first-order chi connectivity index (χ1) is 15.7. The van der Waals surface area contributed by atoms with E-state index >= 15 is 0 Å². The molecule has 0 spiro atoms. The third-order valence-electron chi connectivity index (χ3n) is 6.05. The Labute approximate surface area is 185 Å². The highest BCUT2D eigenvalue weighted by Gasteiger charge is 2.25. The van der Waals surface area contributed by atoms with E-state index < -0.39 is 0 Å². The number of carbonyl (C=O) groups is 1. The van der Waals surface area contributed by atoms with Crippen molar-refractivity contribution in [3.63, 3.8) is 0 Å². The topological polar surface area (TPSA) is 66.8 Å². The van der Waals surface area contributed by atoms with Gasteiger partial charge in [-0.3, -0.25) is 9.89 Å². The number of piperidine rings is 1. The second-order valence-electron chi connectivity index (χ2n) is 8.18. The first-order valence-corrected chi connectivity index (χ1v) is 10.8. The molecule has 0 unspecified atom stereocenters. The van der Waals surface area contributed by atoms with Crippen LogP contribution in [0.4, 0.5) is 4.39 Å². The quantitative estimate of drug-likeness (QED) is 0.503. The summed E-state index contributed by atoms with van der Waals surface area (Å²) in [5, 5.41) is 7.07. The molecule has 0 radical (unpaired) electrons. The molecule has 1 amide bonds. The van der Waals surface area contributed by atoms with E-state index in [4.69, 9.17) is 0 Å². The number of rotatable bonds is 5. The zero-order chi connectivity index (χ0) is 21.9. The molecule has 0 saturated carbocycles. The van der Waals surface area contributed by atoms with E-state index in [1.54, 1.807) is 18.2 Å². The minimum absolute atomic E-state index is 0.0445. The summed E-state index contributed by atoms with van der Waals surface area (Å²) < 4.78 is 15.4. The molecule has 7 heteroatoms. The van der Waals surface area contributed by atoms with Crippen LogP contribution in [-0.2, 0) is 6.54 Å². The zero-order valence-corrected chi connectivity index (χ0v) is 17.6. The monoisotopic (exact) mass is 429 g/mol. The molecule has 0 atom stereocenters. The highest BCUT2D eigenvalue weighted by molar-refractivity contribution is 5.93. The summed E-state index contributed by atoms with van der Waals surface area (Å²) in [5.41, 5.74) is 2.98. The van der Waals surface area contributed by atoms with Crippen LogP contribution >= 0.6 is 0 Å². The van der Waals surface area contributed by atoms with Gasteiger partial charge in [0.1, 0.15) is 17.3 Å². The molecule has 1 aliphatic heterocycles. The average molecular weight is 429 g/mol. The number of benzene rings is 2. The van der Waals surface area contributed by atoms with Crippen LogP contribution in [0.5, 0.6) is 0 Å². The van der Waals surface area contributed by atoms with Crippen molar-refractivity contribution in [3.05, 3.63) is 84.6 Å². The molecule has 3 heterocycles. The van der Waals surface area contributed by atoms with Crippen molar-refractivity contribution in [2.45, 2.75) is 19.4 Å². The fourth-order valence-corrected chi connectivity index (χ4v) is 4.27. The maximum absolute atomic E-state index is 13.1. The van der Waals surface area contributed by atoms with Crippen molar-refractivity contribution in [3.8, 4) is 22.6 Å². The smallest absolute Gasteiger partial charge is 0.271 e. The maximum Gasteiger partial charge on any atom is 0.271 e. The van der Waals surface area contributed by atoms with Gasteiger partial charge in [0.05, 0.1) is 5.69 Å². The van der Waals surface area contributed by atoms with Crippen molar-refractivity contribution < 1.29 is 9.18 Å². The Morgan fingerprint density at radius 1 is 1.03 bits per heavy atom. The molecule has 1 saturated heterocycles. The summed E-state index contributed by atoms with van der Waals surface area (Å²) in [7, 11) is 0. The molecule has 4 aromatic rings. The summed E-state index contributed by atoms with van der Waals surface area (Å²) in [5.74, 6) is 1.13. The summed E-state index contributed by atoms with van der Waals surface area (Å²) >= 11 is 0. The van der Waals surface area contributed by atoms with Crippen LogP contribution in [0.1, 0.15) is 23.3 Å². The van der Waals surface area contributed by atoms with Crippen molar-refractivity contribution >= 4 is 5.91 Å². The molecule has 0 aliphatic carbocycles. The van der Waals surface area contributed by atoms with Gasteiger partial charge in [-0.15, -0.1) is 0 Å². The third kappa shape index (κ3) is 4.19. The van der Waals surface area contributed by atoms with Crippen LogP contribution in [0, 0.1) is 11.7 Å². The summed E-state index contributed by atoms with van der Waals surface area (Å²) in [6, 6.07) is 18.0. The molecule has 6 nitrogen and oxygen atoms in total. The fraction of sp³-hybridized carbons (Fsp3) is 0.240. The van der Waals surface area contributed by atoms with E-state index in [0.29, 0.717) is 30.4 Å². The molecule has 1 N–H and O–H groups in total. The largest absolute Gasteiger partial charge is 0.337 e. The number of aromatic nitrogens is 4. The molecule has 1 fully saturated rings. The van der Waals surface area contributed by atoms with Gasteiger partial charge >= 0.3 is 0 Å². The number of amides is 1. The van der Waals surface area contributed by atoms with Gasteiger partial charge in [-0.25, -0.2) is 9.37 Å². The number of imidazole rings is 1. The predicted octanol–water partition coefficient (Wildman–Crippen LogP) is 4.63. The number of hydrogen-bond donors (Lipinski definition) is 1. The minimum Gasteiger partial charge on any atom is -0.337 e. The van der Waals surface area contributed by atoms with Gasteiger partial charge in [-0.05, 0) is 49.1 Å². The lowest BCUT2D eigenvalue weighted by Gasteiger charge is -2.32. The Balaban J connectivity index is 1.20. The molecule has 5 rings (SSSR count). The summed E-state index contributed by atoms with van der Waals surface area (Å²) in [6.07, 6.45) is 5.76. The normalized spacial score (nSPS) is 14.6. The Morgan fingerprint density at radius 2 is 1.78 bits per heavy atom. The van der Waals surface area contributed by atoms with Gasteiger partial charge in [0.15, 0.2) is 0 Å². The molecular formula is C25H24FN5O. The highest BCUT2D eigenvalue weighted by atomic mass is 19.1. The van der Waals surface area contributed by atoms with Crippen LogP contribution in [0.2, 0.25) is 0 Å². The van der Waals surface area contributed by atoms with Crippen molar-refractivity contribution in [1.29, 1.82) is 0 Å². The van der Waals surface area contributed by atoms with E-state index in [1.165, 1.54) is 12.1 Å². The van der Waals surface area contributed by atoms with E-state index in [-0.39, 0.29) is 11.7 Å². The lowest BCUT2D eigenvalue weighted by Crippen LogP contribution is -2.39. The Morgan fingerprint density at radius 3 is 2.53 bits per heavy atom. The van der Waals surface area contributed by atoms with Gasteiger partial charge < -0.3 is 9.47 Å². The Kier molecular flexibility index (Phi) is 5.54. The SMILES string of the molecule is O=C(c1cc(-c2ccc(F)cc2)n[nH]1)N1CCC(Cn2ccnc2-c2ccccc2)CC1. The molecule has 2 aromatic heterocycles. The van der Waals surface area contributed by atoms with Gasteiger partial charge in [-0.1, -0.05) is 30.3 Å². The lowest BCUT2D eigenvalue weighted by atomic mass is 9.96. The van der Waals surface area contributed by atoms with E-state index in [2.05, 4.69) is 31.9 Å². The molecule has 0 bridgehead atoms. The van der Waals surface area contributed by atoms with Crippen LogP contribution in [0.3, 0.4) is 0 Å². The first kappa shape index (κ1) is 20.2. The fourth-order valence-electron chi connectivity index (χ4n) is 4.27. The van der Waals surface area contributed by atoms with Gasteiger partial charge in [-0.2, -0.15) is 5.10 Å². The number of nitrogens with zero attached hydrogens (tertiary/aromatic N) is 4. The third-order valence-corrected chi connectivity index (χ3v) is 6.05. The number of aromatic amines is 1. The van der Waals surface area contributed by atoms with E-state index in [9.17, 15) is 9.18 Å². The number of likely N-dealkylation sites (tertiary alicyclic amines) is 1. The zero-order valence-electron chi connectivity index (χ0n) is 17.6. The van der Waals surface area contributed by atoms with E-state index in [1.807, 2.05) is 35.5 Å². The molecular weight excluding hydrogens is 405 g/mol. The number of carbonyl (C=O) groups excluding carboxylic acids is 1. The van der Waals surface area contributed by atoms with Gasteiger partial charge in [0.2, 0.25) is 0 Å². The minimum atomic E-state index is -0.296. The lowest BCUT2D eigenvalue weighted by molar-refractivity contribution is 0.0677. The number of hydrogen-bond acceptors (Lipinski definition) is 3. The van der Waals surface area contributed by atoms with Crippen LogP contribution in [0.15, 0.2) is 73.1 Å². The maximum atomic E-state index is 13.1. The van der Waals surface area contributed by atoms with Crippen LogP contribution in [-0.4, -0.2) is 43.6 Å². The molecule has 32 heavy (non-hydrogen) atoms. The number of nitrogens with one attached hydrogen (secondary N) is 1. The first-order valence-electron chi connectivity index (χ1n) is 10.8. The number of H-pyrrole nitrogens is 1. The molecule has 1 aliphatic rings. The summed E-state index contributed by atoms with van der Waals surface area (Å²) in [6.45, 7) is 2.32. The second-order valence-corrected chi connectivity index (χ2v) is 8.18. The molecule has 162 valence electrons. The van der Waals surface area contributed by atoms with Crippen LogP contribution in [0.25, 0.3) is 22.6 Å². The molecule has 2 aromatic carbocycles. The van der Waals surface area contributed by atoms with Crippen LogP contribution < -0.4 is 0 Å². The number of halogens is 1. The van der Waals surface area contributed by atoms with Crippen molar-refractivity contribution in [2.24, 2.45) is 5.92 Å². The Hall–Kier alpha value is -3.74. The Bertz CT molecular complexity index is 1190. The predicted molar refractivity (Wildman–Crippen MR) is 120 cm³/mol. The second kappa shape index (κ2) is 8.78. The van der Waals surface area contributed by atoms with Crippen molar-refractivity contribution in [2.75, 3.05) is 13.1 Å². The standard InChI is InChI=1S/C25H24FN5O/c26-21-8-6-19(7-9-21)22-16-23(29-28-22)25(32)30-13-10-18(11-14-30)17-31-15-12-27-24(31)20-4-2-1-3-5-20/h1-9,12,15-16,18H,10-11,13-14,17H2,(H,28,29). The van der Waals surface area contributed by atoms with E-state index in [0.717, 1.165) is 36.3 Å². The average Bonchev–Trinajstić information content (AvgIpc) is 3.50. The van der Waals surface area contributed by atoms with Gasteiger partial charge in [0, 0.05) is 43.2 Å². The van der Waals surface area contributed by atoms with Gasteiger partial charge in [0.25, 0.3) is 5.91 Å².